The first-order chi connectivity index (χ1) is 21.2. The van der Waals surface area contributed by atoms with E-state index in [-0.39, 0.29) is 23.6 Å². The number of alkyl halides is 2. The summed E-state index contributed by atoms with van der Waals surface area (Å²) in [6.07, 6.45) is 7.83. The second-order valence-electron chi connectivity index (χ2n) is 12.7. The first kappa shape index (κ1) is 28.5. The number of fused-ring (bicyclic) bond motifs is 5. The van der Waals surface area contributed by atoms with Gasteiger partial charge in [0.15, 0.2) is 0 Å². The monoisotopic (exact) mass is 602 g/mol. The average Bonchev–Trinajstić information content (AvgIpc) is 3.65. The van der Waals surface area contributed by atoms with Gasteiger partial charge in [0, 0.05) is 24.1 Å². The van der Waals surface area contributed by atoms with Crippen LogP contribution in [0, 0.1) is 29.0 Å². The van der Waals surface area contributed by atoms with Gasteiger partial charge >= 0.3 is 0 Å². The molecule has 228 valence electrons. The lowest BCUT2D eigenvalue weighted by molar-refractivity contribution is -0.0288. The van der Waals surface area contributed by atoms with E-state index in [1.54, 1.807) is 17.7 Å². The number of aromatic nitrogens is 6. The Balaban J connectivity index is 1.33. The Hall–Kier alpha value is -4.27. The number of pyridine rings is 1. The quantitative estimate of drug-likeness (QED) is 0.285. The third-order valence-corrected chi connectivity index (χ3v) is 9.71. The number of aryl methyl sites for hydroxylation is 1. The van der Waals surface area contributed by atoms with E-state index in [0.29, 0.717) is 59.8 Å². The number of nitrogens with one attached hydrogen (secondary N) is 1. The molecule has 2 fully saturated rings. The van der Waals surface area contributed by atoms with Crippen LogP contribution in [0.5, 0.6) is 0 Å². The van der Waals surface area contributed by atoms with E-state index >= 15 is 13.2 Å². The molecule has 9 nitrogen and oxygen atoms in total. The SMILES string of the molecule is C[C@H]1Nc2ncnc3c2cc(C2(C#N)CC2)c(=O)n3Cc2cn(nn2)CCCC2CC(CCC(F)(F)c3cccc1c3F)C2. The minimum absolute atomic E-state index is 0.0839. The molecule has 5 heterocycles. The average molecular weight is 603 g/mol. The molecule has 0 radical (unpaired) electrons. The highest BCUT2D eigenvalue weighted by molar-refractivity contribution is 5.87. The van der Waals surface area contributed by atoms with Gasteiger partial charge in [0.2, 0.25) is 0 Å². The van der Waals surface area contributed by atoms with Crippen LogP contribution in [0.4, 0.5) is 19.0 Å². The molecule has 8 rings (SSSR count). The molecular weight excluding hydrogens is 569 g/mol. The summed E-state index contributed by atoms with van der Waals surface area (Å²) >= 11 is 0. The predicted molar refractivity (Wildman–Crippen MR) is 156 cm³/mol. The van der Waals surface area contributed by atoms with Gasteiger partial charge in [0.05, 0.1) is 41.2 Å². The molecule has 0 saturated heterocycles. The summed E-state index contributed by atoms with van der Waals surface area (Å²) in [6, 6.07) is 7.32. The van der Waals surface area contributed by atoms with Gasteiger partial charge in [-0.15, -0.1) is 5.10 Å². The summed E-state index contributed by atoms with van der Waals surface area (Å²) in [6.45, 7) is 2.42. The standard InChI is InChI=1S/C32H33F3N8O/c1-19-23-5-2-6-25(27(23)33)32(34,35)8-7-21-12-20(13-21)4-3-11-42-15-22(40-41-42)16-43-29-24(28(39-19)37-18-38-29)14-26(30(43)44)31(17-36)9-10-31/h2,5-6,14-15,18-21H,3-4,7-13,16H2,1H3,(H,37,38,39)/t19-,20?,21?/m1/s1. The van der Waals surface area contributed by atoms with E-state index in [4.69, 9.17) is 0 Å². The van der Waals surface area contributed by atoms with Gasteiger partial charge in [-0.05, 0) is 69.8 Å². The number of benzene rings is 1. The summed E-state index contributed by atoms with van der Waals surface area (Å²) < 4.78 is 49.8. The number of hydrogen-bond donors (Lipinski definition) is 1. The molecule has 0 amide bonds. The predicted octanol–water partition coefficient (Wildman–Crippen LogP) is 5.99. The maximum Gasteiger partial charge on any atom is 0.276 e. The maximum absolute atomic E-state index is 15.8. The fourth-order valence-corrected chi connectivity index (χ4v) is 6.89. The van der Waals surface area contributed by atoms with Crippen LogP contribution in [-0.4, -0.2) is 29.5 Å². The van der Waals surface area contributed by atoms with Crippen molar-refractivity contribution < 1.29 is 13.2 Å². The zero-order valence-corrected chi connectivity index (χ0v) is 24.4. The van der Waals surface area contributed by atoms with E-state index in [1.807, 2.05) is 6.20 Å². The molecule has 2 aliphatic heterocycles. The Morgan fingerprint density at radius 3 is 2.66 bits per heavy atom. The molecule has 2 saturated carbocycles. The minimum Gasteiger partial charge on any atom is -0.363 e. The number of halogens is 3. The fraction of sp³-hybridized carbons (Fsp3) is 0.500. The number of nitriles is 1. The van der Waals surface area contributed by atoms with Crippen molar-refractivity contribution in [2.75, 3.05) is 5.32 Å². The molecular formula is C32H33F3N8O. The molecule has 12 heteroatoms. The summed E-state index contributed by atoms with van der Waals surface area (Å²) in [5.74, 6) is -3.23. The molecule has 1 N–H and O–H groups in total. The Morgan fingerprint density at radius 1 is 1.09 bits per heavy atom. The Morgan fingerprint density at radius 2 is 1.89 bits per heavy atom. The topological polar surface area (TPSA) is 114 Å². The van der Waals surface area contributed by atoms with Crippen LogP contribution >= 0.6 is 0 Å². The highest BCUT2D eigenvalue weighted by atomic mass is 19.3. The summed E-state index contributed by atoms with van der Waals surface area (Å²) in [5, 5.41) is 22.2. The van der Waals surface area contributed by atoms with Crippen molar-refractivity contribution in [1.29, 1.82) is 5.26 Å². The van der Waals surface area contributed by atoms with Crippen LogP contribution in [0.15, 0.2) is 41.6 Å². The van der Waals surface area contributed by atoms with Crippen LogP contribution in [-0.2, 0) is 24.4 Å². The van der Waals surface area contributed by atoms with Crippen molar-refractivity contribution >= 4 is 16.9 Å². The van der Waals surface area contributed by atoms with Crippen molar-refractivity contribution in [3.05, 3.63) is 75.3 Å². The third-order valence-electron chi connectivity index (χ3n) is 9.71. The number of anilines is 1. The first-order valence-electron chi connectivity index (χ1n) is 15.3. The van der Waals surface area contributed by atoms with Crippen LogP contribution in [0.2, 0.25) is 0 Å². The molecule has 1 atom stereocenters. The van der Waals surface area contributed by atoms with Crippen molar-refractivity contribution in [2.24, 2.45) is 11.8 Å². The van der Waals surface area contributed by atoms with Gasteiger partial charge < -0.3 is 5.32 Å². The maximum atomic E-state index is 15.8. The molecule has 0 spiro atoms. The van der Waals surface area contributed by atoms with E-state index in [0.717, 1.165) is 25.7 Å². The van der Waals surface area contributed by atoms with Gasteiger partial charge in [-0.2, -0.15) is 5.26 Å². The molecule has 4 aromatic rings. The van der Waals surface area contributed by atoms with Crippen molar-refractivity contribution in [1.82, 2.24) is 29.5 Å². The van der Waals surface area contributed by atoms with Gasteiger partial charge in [-0.3, -0.25) is 14.0 Å². The van der Waals surface area contributed by atoms with Crippen LogP contribution < -0.4 is 10.9 Å². The number of hydrogen-bond acceptors (Lipinski definition) is 7. The zero-order chi connectivity index (χ0) is 30.6. The second-order valence-corrected chi connectivity index (χ2v) is 12.7. The van der Waals surface area contributed by atoms with Crippen LogP contribution in [0.1, 0.15) is 86.7 Å². The summed E-state index contributed by atoms with van der Waals surface area (Å²) in [5.41, 5.74) is -0.513. The molecule has 1 aromatic carbocycles. The fourth-order valence-electron chi connectivity index (χ4n) is 6.89. The smallest absolute Gasteiger partial charge is 0.276 e. The lowest BCUT2D eigenvalue weighted by Gasteiger charge is -2.36. The van der Waals surface area contributed by atoms with Crippen molar-refractivity contribution in [3.63, 3.8) is 0 Å². The zero-order valence-electron chi connectivity index (χ0n) is 24.4. The molecule has 4 aliphatic rings. The second kappa shape index (κ2) is 10.7. The molecule has 44 heavy (non-hydrogen) atoms. The first-order valence-corrected chi connectivity index (χ1v) is 15.3. The Labute approximate surface area is 252 Å². The van der Waals surface area contributed by atoms with Gasteiger partial charge in [-0.1, -0.05) is 23.4 Å². The number of rotatable bonds is 1. The molecule has 0 unspecified atom stereocenters. The summed E-state index contributed by atoms with van der Waals surface area (Å²) in [4.78, 5) is 22.7. The van der Waals surface area contributed by atoms with E-state index in [1.165, 1.54) is 29.1 Å². The minimum atomic E-state index is -3.30. The highest BCUT2D eigenvalue weighted by Crippen LogP contribution is 2.47. The van der Waals surface area contributed by atoms with Crippen molar-refractivity contribution in [3.8, 4) is 6.07 Å². The lowest BCUT2D eigenvalue weighted by Crippen LogP contribution is -2.29. The molecule has 10 bridgehead atoms. The molecule has 2 aliphatic carbocycles. The third kappa shape index (κ3) is 5.02. The highest BCUT2D eigenvalue weighted by Gasteiger charge is 2.47. The number of nitrogens with zero attached hydrogens (tertiary/aromatic N) is 7. The van der Waals surface area contributed by atoms with Crippen molar-refractivity contribution in [2.45, 2.75) is 88.8 Å². The Bertz CT molecular complexity index is 1830. The van der Waals surface area contributed by atoms with Crippen LogP contribution in [0.25, 0.3) is 11.0 Å². The normalized spacial score (nSPS) is 24.3. The van der Waals surface area contributed by atoms with E-state index < -0.39 is 35.2 Å². The largest absolute Gasteiger partial charge is 0.363 e. The van der Waals surface area contributed by atoms with Gasteiger partial charge in [0.1, 0.15) is 29.3 Å². The Kier molecular flexibility index (Phi) is 6.94. The van der Waals surface area contributed by atoms with Gasteiger partial charge in [-0.25, -0.2) is 23.1 Å². The van der Waals surface area contributed by atoms with Gasteiger partial charge in [0.25, 0.3) is 11.5 Å². The van der Waals surface area contributed by atoms with E-state index in [2.05, 4.69) is 31.7 Å². The lowest BCUT2D eigenvalue weighted by atomic mass is 9.70. The van der Waals surface area contributed by atoms with Crippen LogP contribution in [0.3, 0.4) is 0 Å². The summed E-state index contributed by atoms with van der Waals surface area (Å²) in [7, 11) is 0. The van der Waals surface area contributed by atoms with E-state index in [9.17, 15) is 10.1 Å². The molecule has 3 aromatic heterocycles.